The summed E-state index contributed by atoms with van der Waals surface area (Å²) in [6.07, 6.45) is 1.90. The van der Waals surface area contributed by atoms with E-state index in [0.29, 0.717) is 47.0 Å². The smallest absolute Gasteiger partial charge is 0.256 e. The quantitative estimate of drug-likeness (QED) is 0.777. The van der Waals surface area contributed by atoms with Crippen LogP contribution in [0.4, 0.5) is 5.69 Å². The molecule has 0 radical (unpaired) electrons. The monoisotopic (exact) mass is 397 g/mol. The number of carbonyl (C=O) groups excluding carboxylic acids is 3. The molecule has 1 fully saturated rings. The van der Waals surface area contributed by atoms with Gasteiger partial charge < -0.3 is 25.4 Å². The highest BCUT2D eigenvalue weighted by atomic mass is 16.5. The Bertz CT molecular complexity index is 934. The fraction of sp³-hybridized carbons (Fsp3) is 0.286. The molecule has 8 heteroatoms. The van der Waals surface area contributed by atoms with Crippen molar-refractivity contribution >= 4 is 23.4 Å². The van der Waals surface area contributed by atoms with Crippen LogP contribution in [0.5, 0.6) is 11.5 Å². The first kappa shape index (κ1) is 20.2. The molecule has 1 aliphatic rings. The fourth-order valence-corrected chi connectivity index (χ4v) is 3.23. The molecule has 8 nitrogen and oxygen atoms in total. The molecule has 2 aromatic rings. The Morgan fingerprint density at radius 2 is 1.48 bits per heavy atom. The molecule has 0 aliphatic carbocycles. The summed E-state index contributed by atoms with van der Waals surface area (Å²) in [5.74, 6) is -0.384. The molecule has 2 aromatic carbocycles. The average molecular weight is 397 g/mol. The van der Waals surface area contributed by atoms with E-state index in [1.165, 1.54) is 38.5 Å². The van der Waals surface area contributed by atoms with Crippen LogP contribution in [-0.2, 0) is 0 Å². The van der Waals surface area contributed by atoms with Crippen LogP contribution in [0.2, 0.25) is 0 Å². The van der Waals surface area contributed by atoms with Crippen LogP contribution < -0.4 is 20.5 Å². The molecule has 29 heavy (non-hydrogen) atoms. The first-order valence-electron chi connectivity index (χ1n) is 9.21. The second kappa shape index (κ2) is 8.64. The fourth-order valence-electron chi connectivity index (χ4n) is 3.23. The average Bonchev–Trinajstić information content (AvgIpc) is 3.27. The van der Waals surface area contributed by atoms with Crippen molar-refractivity contribution in [3.8, 4) is 11.5 Å². The first-order valence-corrected chi connectivity index (χ1v) is 9.21. The number of likely N-dealkylation sites (tertiary alicyclic amines) is 1. The van der Waals surface area contributed by atoms with Crippen LogP contribution in [0.3, 0.4) is 0 Å². The lowest BCUT2D eigenvalue weighted by molar-refractivity contribution is 0.0793. The molecular weight excluding hydrogens is 374 g/mol. The second-order valence-electron chi connectivity index (χ2n) is 6.65. The topological polar surface area (TPSA) is 111 Å². The van der Waals surface area contributed by atoms with Crippen LogP contribution in [0.1, 0.15) is 43.9 Å². The number of amides is 3. The second-order valence-corrected chi connectivity index (χ2v) is 6.65. The van der Waals surface area contributed by atoms with E-state index in [9.17, 15) is 14.4 Å². The van der Waals surface area contributed by atoms with Crippen LogP contribution in [0.15, 0.2) is 36.4 Å². The van der Waals surface area contributed by atoms with Gasteiger partial charge in [-0.2, -0.15) is 0 Å². The Hall–Kier alpha value is -3.55. The number of benzene rings is 2. The Labute approximate surface area is 168 Å². The highest BCUT2D eigenvalue weighted by Crippen LogP contribution is 2.34. The number of hydrogen-bond donors (Lipinski definition) is 2. The predicted octanol–water partition coefficient (Wildman–Crippen LogP) is 2.29. The summed E-state index contributed by atoms with van der Waals surface area (Å²) in [6, 6.07) is 9.09. The summed E-state index contributed by atoms with van der Waals surface area (Å²) in [7, 11) is 2.97. The molecule has 0 spiro atoms. The van der Waals surface area contributed by atoms with E-state index in [-0.39, 0.29) is 5.91 Å². The largest absolute Gasteiger partial charge is 0.493 e. The van der Waals surface area contributed by atoms with Gasteiger partial charge in [-0.05, 0) is 43.2 Å². The van der Waals surface area contributed by atoms with Gasteiger partial charge in [0.15, 0.2) is 11.5 Å². The van der Waals surface area contributed by atoms with Gasteiger partial charge in [-0.15, -0.1) is 0 Å². The van der Waals surface area contributed by atoms with Crippen molar-refractivity contribution in [1.82, 2.24) is 4.90 Å². The summed E-state index contributed by atoms with van der Waals surface area (Å²) < 4.78 is 10.6. The number of methoxy groups -OCH3 is 2. The van der Waals surface area contributed by atoms with E-state index in [2.05, 4.69) is 5.32 Å². The van der Waals surface area contributed by atoms with Crippen molar-refractivity contribution in [1.29, 1.82) is 0 Å². The Morgan fingerprint density at radius 3 is 2.03 bits per heavy atom. The third-order valence-electron chi connectivity index (χ3n) is 4.83. The van der Waals surface area contributed by atoms with Gasteiger partial charge in [0.25, 0.3) is 11.8 Å². The maximum Gasteiger partial charge on any atom is 0.256 e. The molecule has 0 atom stereocenters. The highest BCUT2D eigenvalue weighted by molar-refractivity contribution is 6.09. The molecule has 0 bridgehead atoms. The van der Waals surface area contributed by atoms with Crippen molar-refractivity contribution in [3.05, 3.63) is 53.1 Å². The Kier molecular flexibility index (Phi) is 6.01. The third-order valence-corrected chi connectivity index (χ3v) is 4.83. The van der Waals surface area contributed by atoms with Gasteiger partial charge in [0.05, 0.1) is 25.5 Å². The van der Waals surface area contributed by atoms with Gasteiger partial charge in [-0.25, -0.2) is 0 Å². The molecule has 0 saturated carbocycles. The number of nitrogens with two attached hydrogens (primary N) is 1. The Morgan fingerprint density at radius 1 is 0.931 bits per heavy atom. The molecule has 1 saturated heterocycles. The van der Waals surface area contributed by atoms with Crippen LogP contribution in [-0.4, -0.2) is 49.9 Å². The van der Waals surface area contributed by atoms with Crippen LogP contribution in [0, 0.1) is 0 Å². The molecule has 0 aromatic heterocycles. The van der Waals surface area contributed by atoms with E-state index in [1.54, 1.807) is 17.0 Å². The number of nitrogens with one attached hydrogen (secondary N) is 1. The number of hydrogen-bond acceptors (Lipinski definition) is 5. The number of anilines is 1. The van der Waals surface area contributed by atoms with Crippen LogP contribution >= 0.6 is 0 Å². The predicted molar refractivity (Wildman–Crippen MR) is 108 cm³/mol. The number of ether oxygens (including phenoxy) is 2. The number of carbonyl (C=O) groups is 3. The van der Waals surface area contributed by atoms with Gasteiger partial charge in [-0.3, -0.25) is 14.4 Å². The lowest BCUT2D eigenvalue weighted by Crippen LogP contribution is -2.29. The van der Waals surface area contributed by atoms with Crippen molar-refractivity contribution in [2.24, 2.45) is 5.73 Å². The van der Waals surface area contributed by atoms with Gasteiger partial charge in [0.2, 0.25) is 5.91 Å². The number of nitrogens with zero attached hydrogens (tertiary/aromatic N) is 1. The van der Waals surface area contributed by atoms with Crippen molar-refractivity contribution < 1.29 is 23.9 Å². The normalized spacial score (nSPS) is 13.1. The molecule has 1 aliphatic heterocycles. The first-order chi connectivity index (χ1) is 13.9. The molecule has 3 N–H and O–H groups in total. The van der Waals surface area contributed by atoms with Gasteiger partial charge in [-0.1, -0.05) is 0 Å². The van der Waals surface area contributed by atoms with Gasteiger partial charge >= 0.3 is 0 Å². The zero-order valence-electron chi connectivity index (χ0n) is 16.4. The summed E-state index contributed by atoms with van der Waals surface area (Å²) in [5.41, 5.74) is 6.50. The van der Waals surface area contributed by atoms with E-state index in [1.807, 2.05) is 0 Å². The number of rotatable bonds is 6. The number of primary amides is 1. The molecule has 3 rings (SSSR count). The molecular formula is C21H23N3O5. The Balaban J connectivity index is 1.94. The molecule has 0 unspecified atom stereocenters. The van der Waals surface area contributed by atoms with Crippen LogP contribution in [0.25, 0.3) is 0 Å². The molecule has 1 heterocycles. The SMILES string of the molecule is COc1cc(NC(=O)c2ccc(C(N)=O)cc2)c(C(=O)N2CCCC2)cc1OC. The van der Waals surface area contributed by atoms with Gasteiger partial charge in [0, 0.05) is 30.3 Å². The van der Waals surface area contributed by atoms with Crippen molar-refractivity contribution in [2.45, 2.75) is 12.8 Å². The summed E-state index contributed by atoms with van der Waals surface area (Å²) in [4.78, 5) is 38.7. The summed E-state index contributed by atoms with van der Waals surface area (Å²) >= 11 is 0. The minimum absolute atomic E-state index is 0.178. The lowest BCUT2D eigenvalue weighted by Gasteiger charge is -2.20. The van der Waals surface area contributed by atoms with E-state index in [0.717, 1.165) is 12.8 Å². The third kappa shape index (κ3) is 4.31. The minimum Gasteiger partial charge on any atom is -0.493 e. The summed E-state index contributed by atoms with van der Waals surface area (Å²) in [5, 5.41) is 2.77. The van der Waals surface area contributed by atoms with Crippen molar-refractivity contribution in [3.63, 3.8) is 0 Å². The highest BCUT2D eigenvalue weighted by Gasteiger charge is 2.25. The molecule has 152 valence electrons. The maximum atomic E-state index is 13.0. The summed E-state index contributed by atoms with van der Waals surface area (Å²) in [6.45, 7) is 1.35. The lowest BCUT2D eigenvalue weighted by atomic mass is 10.1. The van der Waals surface area contributed by atoms with E-state index in [4.69, 9.17) is 15.2 Å². The minimum atomic E-state index is -0.574. The zero-order valence-corrected chi connectivity index (χ0v) is 16.4. The van der Waals surface area contributed by atoms with Gasteiger partial charge in [0.1, 0.15) is 0 Å². The van der Waals surface area contributed by atoms with E-state index < -0.39 is 11.8 Å². The standard InChI is InChI=1S/C21H23N3O5/c1-28-17-11-15(21(27)24-9-3-4-10-24)16(12-18(17)29-2)23-20(26)14-7-5-13(6-8-14)19(22)25/h5-8,11-12H,3-4,9-10H2,1-2H3,(H2,22,25)(H,23,26). The zero-order chi connectivity index (χ0) is 21.0. The maximum absolute atomic E-state index is 13.0. The molecule has 3 amide bonds. The van der Waals surface area contributed by atoms with Crippen molar-refractivity contribution in [2.75, 3.05) is 32.6 Å². The van der Waals surface area contributed by atoms with E-state index >= 15 is 0 Å².